The Bertz CT molecular complexity index is 879. The fourth-order valence-corrected chi connectivity index (χ4v) is 4.41. The lowest BCUT2D eigenvalue weighted by Gasteiger charge is -2.18. The molecule has 0 saturated carbocycles. The maximum absolute atomic E-state index is 12.8. The van der Waals surface area contributed by atoms with Gasteiger partial charge in [-0.2, -0.15) is 0 Å². The highest BCUT2D eigenvalue weighted by atomic mass is 32.1. The lowest BCUT2D eigenvalue weighted by atomic mass is 9.87. The summed E-state index contributed by atoms with van der Waals surface area (Å²) in [6.45, 7) is 2.97. The molecule has 1 amide bonds. The monoisotopic (exact) mass is 338 g/mol. The van der Waals surface area contributed by atoms with E-state index in [0.29, 0.717) is 6.54 Å². The van der Waals surface area contributed by atoms with Crippen LogP contribution in [0.2, 0.25) is 0 Å². The predicted octanol–water partition coefficient (Wildman–Crippen LogP) is 4.63. The number of nitrogens with one attached hydrogen (secondary N) is 1. The number of aromatic nitrogens is 1. The van der Waals surface area contributed by atoms with Gasteiger partial charge in [0.25, 0.3) is 5.91 Å². The normalized spacial score (nSPS) is 17.0. The summed E-state index contributed by atoms with van der Waals surface area (Å²) >= 11 is 1.69. The van der Waals surface area contributed by atoms with Crippen LogP contribution in [0.3, 0.4) is 0 Å². The van der Waals surface area contributed by atoms with Crippen molar-refractivity contribution < 1.29 is 4.79 Å². The number of amides is 1. The number of fused-ring (bicyclic) bond motifs is 3. The van der Waals surface area contributed by atoms with Crippen LogP contribution in [0.5, 0.6) is 0 Å². The molecule has 24 heavy (non-hydrogen) atoms. The first-order chi connectivity index (χ1) is 11.6. The highest BCUT2D eigenvalue weighted by molar-refractivity contribution is 7.09. The summed E-state index contributed by atoms with van der Waals surface area (Å²) in [4.78, 5) is 19.3. The molecule has 0 radical (unpaired) electrons. The molecule has 1 aliphatic rings. The van der Waals surface area contributed by atoms with Crippen molar-refractivity contribution in [3.05, 3.63) is 57.4 Å². The molecule has 2 aromatic heterocycles. The molecule has 4 rings (SSSR count). The Morgan fingerprint density at radius 2 is 2.25 bits per heavy atom. The zero-order valence-electron chi connectivity index (χ0n) is 14.1. The van der Waals surface area contributed by atoms with Crippen molar-refractivity contribution in [1.29, 1.82) is 0 Å². The standard InChI is InChI=1S/C20H22N2OS/c1-13-5-7-18-16(10-13)17-11-14(6-8-19(17)21-18)20(23)22(2)12-15-4-3-9-24-15/h3-4,6,8-9,11,13,21H,5,7,10,12H2,1-2H3/t13-/m1/s1. The van der Waals surface area contributed by atoms with Crippen LogP contribution in [-0.2, 0) is 19.4 Å². The topological polar surface area (TPSA) is 36.1 Å². The number of hydrogen-bond acceptors (Lipinski definition) is 2. The maximum atomic E-state index is 12.8. The predicted molar refractivity (Wildman–Crippen MR) is 99.6 cm³/mol. The van der Waals surface area contributed by atoms with E-state index in [0.717, 1.165) is 29.8 Å². The Hall–Kier alpha value is -2.07. The molecule has 124 valence electrons. The van der Waals surface area contributed by atoms with Gasteiger partial charge in [-0.05, 0) is 60.4 Å². The second-order valence-electron chi connectivity index (χ2n) is 6.93. The van der Waals surface area contributed by atoms with Crippen LogP contribution in [0.4, 0.5) is 0 Å². The highest BCUT2D eigenvalue weighted by Crippen LogP contribution is 2.32. The molecule has 0 aliphatic heterocycles. The zero-order valence-corrected chi connectivity index (χ0v) is 15.0. The molecule has 0 bridgehead atoms. The molecule has 2 heterocycles. The van der Waals surface area contributed by atoms with Crippen molar-refractivity contribution in [2.45, 2.75) is 32.7 Å². The molecule has 0 fully saturated rings. The molecule has 0 spiro atoms. The molecule has 3 aromatic rings. The van der Waals surface area contributed by atoms with Gasteiger partial charge in [-0.25, -0.2) is 0 Å². The molecule has 3 nitrogen and oxygen atoms in total. The van der Waals surface area contributed by atoms with Crippen molar-refractivity contribution in [3.63, 3.8) is 0 Å². The Balaban J connectivity index is 1.64. The summed E-state index contributed by atoms with van der Waals surface area (Å²) < 4.78 is 0. The van der Waals surface area contributed by atoms with Crippen LogP contribution in [0.1, 0.15) is 39.8 Å². The van der Waals surface area contributed by atoms with Crippen molar-refractivity contribution >= 4 is 28.1 Å². The first-order valence-electron chi connectivity index (χ1n) is 8.53. The van der Waals surface area contributed by atoms with Gasteiger partial charge in [-0.3, -0.25) is 4.79 Å². The third-order valence-corrected chi connectivity index (χ3v) is 5.86. The second kappa shape index (κ2) is 6.10. The van der Waals surface area contributed by atoms with Gasteiger partial charge in [0.1, 0.15) is 0 Å². The van der Waals surface area contributed by atoms with E-state index < -0.39 is 0 Å². The Labute approximate surface area is 146 Å². The van der Waals surface area contributed by atoms with Crippen molar-refractivity contribution in [2.75, 3.05) is 7.05 Å². The van der Waals surface area contributed by atoms with Crippen LogP contribution in [0.25, 0.3) is 10.9 Å². The first-order valence-corrected chi connectivity index (χ1v) is 9.41. The molecular weight excluding hydrogens is 316 g/mol. The fraction of sp³-hybridized carbons (Fsp3) is 0.350. The summed E-state index contributed by atoms with van der Waals surface area (Å²) in [7, 11) is 1.88. The number of carbonyl (C=O) groups excluding carboxylic acids is 1. The number of nitrogens with zero attached hydrogens (tertiary/aromatic N) is 1. The Kier molecular flexibility index (Phi) is 3.93. The minimum atomic E-state index is 0.0871. The van der Waals surface area contributed by atoms with E-state index in [1.807, 2.05) is 24.6 Å². The van der Waals surface area contributed by atoms with E-state index in [2.05, 4.69) is 30.1 Å². The summed E-state index contributed by atoms with van der Waals surface area (Å²) in [6.07, 6.45) is 3.47. The molecule has 0 saturated heterocycles. The van der Waals surface area contributed by atoms with Gasteiger partial charge in [0.2, 0.25) is 0 Å². The van der Waals surface area contributed by atoms with E-state index >= 15 is 0 Å². The smallest absolute Gasteiger partial charge is 0.253 e. The SMILES string of the molecule is C[C@@H]1CCc2[nH]c3ccc(C(=O)N(C)Cc4cccs4)cc3c2C1. The minimum absolute atomic E-state index is 0.0871. The summed E-state index contributed by atoms with van der Waals surface area (Å²) in [5.41, 5.74) is 4.71. The zero-order chi connectivity index (χ0) is 16.7. The van der Waals surface area contributed by atoms with E-state index in [1.54, 1.807) is 16.2 Å². The average molecular weight is 338 g/mol. The number of hydrogen-bond donors (Lipinski definition) is 1. The number of aryl methyl sites for hydroxylation is 1. The Morgan fingerprint density at radius 3 is 3.04 bits per heavy atom. The van der Waals surface area contributed by atoms with Crippen molar-refractivity contribution in [1.82, 2.24) is 9.88 Å². The van der Waals surface area contributed by atoms with Gasteiger partial charge in [0, 0.05) is 34.1 Å². The van der Waals surface area contributed by atoms with Crippen LogP contribution in [0.15, 0.2) is 35.7 Å². The molecule has 1 atom stereocenters. The lowest BCUT2D eigenvalue weighted by molar-refractivity contribution is 0.0786. The quantitative estimate of drug-likeness (QED) is 0.743. The number of H-pyrrole nitrogens is 1. The number of rotatable bonds is 3. The van der Waals surface area contributed by atoms with Gasteiger partial charge in [0.05, 0.1) is 6.54 Å². The van der Waals surface area contributed by atoms with E-state index in [9.17, 15) is 4.79 Å². The number of carbonyl (C=O) groups is 1. The lowest BCUT2D eigenvalue weighted by Crippen LogP contribution is -2.25. The van der Waals surface area contributed by atoms with Crippen LogP contribution < -0.4 is 0 Å². The van der Waals surface area contributed by atoms with Crippen LogP contribution >= 0.6 is 11.3 Å². The van der Waals surface area contributed by atoms with E-state index in [1.165, 1.54) is 27.9 Å². The first kappa shape index (κ1) is 15.5. The molecule has 1 aromatic carbocycles. The van der Waals surface area contributed by atoms with Gasteiger partial charge in [-0.1, -0.05) is 13.0 Å². The number of thiophene rings is 1. The number of aromatic amines is 1. The van der Waals surface area contributed by atoms with Gasteiger partial charge in [0.15, 0.2) is 0 Å². The third-order valence-electron chi connectivity index (χ3n) is 5.00. The van der Waals surface area contributed by atoms with Gasteiger partial charge >= 0.3 is 0 Å². The molecule has 4 heteroatoms. The largest absolute Gasteiger partial charge is 0.358 e. The Morgan fingerprint density at radius 1 is 1.38 bits per heavy atom. The fourth-order valence-electron chi connectivity index (χ4n) is 3.65. The summed E-state index contributed by atoms with van der Waals surface area (Å²) in [5.74, 6) is 0.807. The van der Waals surface area contributed by atoms with Crippen molar-refractivity contribution in [2.24, 2.45) is 5.92 Å². The minimum Gasteiger partial charge on any atom is -0.358 e. The average Bonchev–Trinajstić information content (AvgIpc) is 3.21. The van der Waals surface area contributed by atoms with Gasteiger partial charge in [-0.15, -0.1) is 11.3 Å². The van der Waals surface area contributed by atoms with Crippen LogP contribution in [-0.4, -0.2) is 22.8 Å². The van der Waals surface area contributed by atoms with E-state index in [4.69, 9.17) is 0 Å². The number of benzene rings is 1. The molecule has 1 N–H and O–H groups in total. The van der Waals surface area contributed by atoms with Crippen LogP contribution in [0, 0.1) is 5.92 Å². The summed E-state index contributed by atoms with van der Waals surface area (Å²) in [5, 5.41) is 3.28. The maximum Gasteiger partial charge on any atom is 0.253 e. The molecule has 0 unspecified atom stereocenters. The molecular formula is C20H22N2OS. The third kappa shape index (κ3) is 2.75. The van der Waals surface area contributed by atoms with Crippen molar-refractivity contribution in [3.8, 4) is 0 Å². The van der Waals surface area contributed by atoms with E-state index in [-0.39, 0.29) is 5.91 Å². The summed E-state index contributed by atoms with van der Waals surface area (Å²) in [6, 6.07) is 10.2. The second-order valence-corrected chi connectivity index (χ2v) is 7.96. The molecule has 1 aliphatic carbocycles. The van der Waals surface area contributed by atoms with Gasteiger partial charge < -0.3 is 9.88 Å². The highest BCUT2D eigenvalue weighted by Gasteiger charge is 2.21.